The molecule has 0 heterocycles. The van der Waals surface area contributed by atoms with Gasteiger partial charge in [-0.3, -0.25) is 0 Å². The van der Waals surface area contributed by atoms with Crippen LogP contribution in [0.15, 0.2) is 30.3 Å². The van der Waals surface area contributed by atoms with Crippen molar-refractivity contribution in [2.45, 2.75) is 44.6 Å². The normalized spacial score (nSPS) is 13.9. The maximum Gasteiger partial charge on any atom is 0.408 e. The van der Waals surface area contributed by atoms with Crippen LogP contribution >= 0.6 is 11.6 Å². The van der Waals surface area contributed by atoms with E-state index in [0.717, 1.165) is 5.56 Å². The monoisotopic (exact) mass is 329 g/mol. The van der Waals surface area contributed by atoms with Crippen LogP contribution in [0.25, 0.3) is 0 Å². The van der Waals surface area contributed by atoms with Crippen LogP contribution in [0.3, 0.4) is 0 Å². The SMILES string of the molecule is CC(C)(C)OC(=O)NC(C(=O)OCc1ccccc1)C(O)Cl. The van der Waals surface area contributed by atoms with E-state index in [-0.39, 0.29) is 6.61 Å². The Morgan fingerprint density at radius 2 is 1.86 bits per heavy atom. The van der Waals surface area contributed by atoms with Gasteiger partial charge in [0.15, 0.2) is 11.6 Å². The highest BCUT2D eigenvalue weighted by Gasteiger charge is 2.30. The number of benzene rings is 1. The number of halogens is 1. The topological polar surface area (TPSA) is 84.9 Å². The summed E-state index contributed by atoms with van der Waals surface area (Å²) in [6.45, 7) is 5.03. The zero-order valence-corrected chi connectivity index (χ0v) is 13.5. The van der Waals surface area contributed by atoms with Gasteiger partial charge in [-0.05, 0) is 26.3 Å². The third-order valence-electron chi connectivity index (χ3n) is 2.43. The van der Waals surface area contributed by atoms with Crippen molar-refractivity contribution < 1.29 is 24.2 Å². The molecule has 0 radical (unpaired) electrons. The fourth-order valence-corrected chi connectivity index (χ4v) is 1.66. The molecule has 1 amide bonds. The quantitative estimate of drug-likeness (QED) is 0.639. The zero-order valence-electron chi connectivity index (χ0n) is 12.7. The summed E-state index contributed by atoms with van der Waals surface area (Å²) >= 11 is 5.52. The fraction of sp³-hybridized carbons (Fsp3) is 0.467. The molecule has 0 saturated heterocycles. The molecule has 22 heavy (non-hydrogen) atoms. The molecule has 0 saturated carbocycles. The number of hydrogen-bond acceptors (Lipinski definition) is 5. The van der Waals surface area contributed by atoms with Gasteiger partial charge in [0.1, 0.15) is 12.2 Å². The fourth-order valence-electron chi connectivity index (χ4n) is 1.49. The lowest BCUT2D eigenvalue weighted by Gasteiger charge is -2.23. The van der Waals surface area contributed by atoms with Crippen molar-refractivity contribution in [1.82, 2.24) is 5.32 Å². The highest BCUT2D eigenvalue weighted by Crippen LogP contribution is 2.10. The minimum atomic E-state index is -1.63. The standard InChI is InChI=1S/C15H20ClNO5/c1-15(2,3)22-14(20)17-11(12(16)18)13(19)21-9-10-7-5-4-6-8-10/h4-8,11-12,18H,9H2,1-3H3,(H,17,20). The number of rotatable bonds is 5. The molecule has 2 atom stereocenters. The molecule has 7 heteroatoms. The lowest BCUT2D eigenvalue weighted by molar-refractivity contribution is -0.149. The predicted molar refractivity (Wildman–Crippen MR) is 81.3 cm³/mol. The maximum atomic E-state index is 11.9. The summed E-state index contributed by atoms with van der Waals surface area (Å²) in [5, 5.41) is 11.6. The van der Waals surface area contributed by atoms with Crippen LogP contribution in [0.2, 0.25) is 0 Å². The van der Waals surface area contributed by atoms with Gasteiger partial charge in [-0.1, -0.05) is 41.9 Å². The largest absolute Gasteiger partial charge is 0.459 e. The minimum Gasteiger partial charge on any atom is -0.459 e. The van der Waals surface area contributed by atoms with Crippen LogP contribution in [0, 0.1) is 0 Å². The molecule has 6 nitrogen and oxygen atoms in total. The van der Waals surface area contributed by atoms with Crippen molar-refractivity contribution in [3.63, 3.8) is 0 Å². The molecule has 0 aromatic heterocycles. The van der Waals surface area contributed by atoms with Gasteiger partial charge in [-0.25, -0.2) is 9.59 Å². The number of aliphatic hydroxyl groups excluding tert-OH is 1. The average molecular weight is 330 g/mol. The minimum absolute atomic E-state index is 0.00970. The molecule has 1 rings (SSSR count). The highest BCUT2D eigenvalue weighted by atomic mass is 35.5. The number of esters is 1. The summed E-state index contributed by atoms with van der Waals surface area (Å²) in [4.78, 5) is 23.6. The number of amides is 1. The van der Waals surface area contributed by atoms with E-state index in [1.54, 1.807) is 45.0 Å². The van der Waals surface area contributed by atoms with Crippen molar-refractivity contribution in [1.29, 1.82) is 0 Å². The van der Waals surface area contributed by atoms with E-state index in [1.807, 2.05) is 6.07 Å². The van der Waals surface area contributed by atoms with E-state index in [9.17, 15) is 14.7 Å². The summed E-state index contributed by atoms with van der Waals surface area (Å²) < 4.78 is 10.0. The number of hydrogen-bond donors (Lipinski definition) is 2. The molecule has 0 aliphatic carbocycles. The second-order valence-corrected chi connectivity index (χ2v) is 6.04. The van der Waals surface area contributed by atoms with Gasteiger partial charge in [-0.15, -0.1) is 0 Å². The smallest absolute Gasteiger partial charge is 0.408 e. The van der Waals surface area contributed by atoms with E-state index < -0.39 is 29.3 Å². The Kier molecular flexibility index (Phi) is 6.64. The molecule has 122 valence electrons. The van der Waals surface area contributed by atoms with E-state index in [1.165, 1.54) is 0 Å². The van der Waals surface area contributed by atoms with Crippen LogP contribution in [-0.4, -0.2) is 34.4 Å². The molecule has 2 N–H and O–H groups in total. The van der Waals surface area contributed by atoms with E-state index >= 15 is 0 Å². The van der Waals surface area contributed by atoms with Crippen molar-refractivity contribution in [3.05, 3.63) is 35.9 Å². The van der Waals surface area contributed by atoms with E-state index in [2.05, 4.69) is 5.32 Å². The van der Waals surface area contributed by atoms with Crippen LogP contribution < -0.4 is 5.32 Å². The third-order valence-corrected chi connectivity index (χ3v) is 2.68. The van der Waals surface area contributed by atoms with Crippen molar-refractivity contribution in [2.24, 2.45) is 0 Å². The Bertz CT molecular complexity index is 498. The highest BCUT2D eigenvalue weighted by molar-refractivity contribution is 6.21. The van der Waals surface area contributed by atoms with Gasteiger partial charge in [0.05, 0.1) is 0 Å². The van der Waals surface area contributed by atoms with Gasteiger partial charge in [0, 0.05) is 0 Å². The Morgan fingerprint density at radius 3 is 2.36 bits per heavy atom. The van der Waals surface area contributed by atoms with E-state index in [0.29, 0.717) is 0 Å². The third kappa shape index (κ3) is 6.78. The number of alkyl carbamates (subject to hydrolysis) is 1. The Hall–Kier alpha value is -1.79. The van der Waals surface area contributed by atoms with Gasteiger partial charge in [0.25, 0.3) is 0 Å². The number of carbonyl (C=O) groups excluding carboxylic acids is 2. The van der Waals surface area contributed by atoms with Crippen molar-refractivity contribution in [2.75, 3.05) is 0 Å². The molecular formula is C15H20ClNO5. The van der Waals surface area contributed by atoms with E-state index in [4.69, 9.17) is 21.1 Å². The first kappa shape index (κ1) is 18.3. The second kappa shape index (κ2) is 8.00. The number of carbonyl (C=O) groups is 2. The summed E-state index contributed by atoms with van der Waals surface area (Å²) in [7, 11) is 0. The lowest BCUT2D eigenvalue weighted by atomic mass is 10.2. The molecule has 0 fully saturated rings. The molecule has 0 bridgehead atoms. The van der Waals surface area contributed by atoms with Crippen LogP contribution in [0.1, 0.15) is 26.3 Å². The maximum absolute atomic E-state index is 11.9. The predicted octanol–water partition coefficient (Wildman–Crippen LogP) is 2.18. The van der Waals surface area contributed by atoms with Gasteiger partial charge >= 0.3 is 12.1 Å². The van der Waals surface area contributed by atoms with Gasteiger partial charge in [-0.2, -0.15) is 0 Å². The molecule has 0 aliphatic heterocycles. The summed E-state index contributed by atoms with van der Waals surface area (Å²) in [6, 6.07) is 7.58. The summed E-state index contributed by atoms with van der Waals surface area (Å²) in [6.07, 6.45) is -0.867. The Balaban J connectivity index is 2.58. The van der Waals surface area contributed by atoms with Crippen LogP contribution in [-0.2, 0) is 20.9 Å². The second-order valence-electron chi connectivity index (χ2n) is 5.59. The molecule has 1 aromatic carbocycles. The molecule has 0 aliphatic rings. The molecule has 1 aromatic rings. The molecular weight excluding hydrogens is 310 g/mol. The van der Waals surface area contributed by atoms with Crippen LogP contribution in [0.4, 0.5) is 4.79 Å². The van der Waals surface area contributed by atoms with Crippen molar-refractivity contribution in [3.8, 4) is 0 Å². The number of aliphatic hydroxyl groups is 1. The average Bonchev–Trinajstić information content (AvgIpc) is 2.41. The summed E-state index contributed by atoms with van der Waals surface area (Å²) in [5.74, 6) is -0.850. The number of alkyl halides is 1. The Labute approximate surface area is 134 Å². The molecule has 2 unspecified atom stereocenters. The first-order chi connectivity index (χ1) is 10.2. The number of ether oxygens (including phenoxy) is 2. The first-order valence-electron chi connectivity index (χ1n) is 6.71. The first-order valence-corrected chi connectivity index (χ1v) is 7.15. The molecule has 0 spiro atoms. The van der Waals surface area contributed by atoms with Crippen LogP contribution in [0.5, 0.6) is 0 Å². The Morgan fingerprint density at radius 1 is 1.27 bits per heavy atom. The number of nitrogens with one attached hydrogen (secondary N) is 1. The van der Waals surface area contributed by atoms with Gasteiger partial charge in [0.2, 0.25) is 0 Å². The zero-order chi connectivity index (χ0) is 16.8. The van der Waals surface area contributed by atoms with Crippen molar-refractivity contribution >= 4 is 23.7 Å². The lowest BCUT2D eigenvalue weighted by Crippen LogP contribution is -2.49. The summed E-state index contributed by atoms with van der Waals surface area (Å²) in [5.41, 5.74) is -1.59. The van der Waals surface area contributed by atoms with Gasteiger partial charge < -0.3 is 19.9 Å².